The Labute approximate surface area is 105 Å². The molecule has 1 aromatic carbocycles. The maximum Gasteiger partial charge on any atom is 0.161 e. The second-order valence-corrected chi connectivity index (χ2v) is 4.49. The number of hydrogen-bond donors (Lipinski definition) is 0. The van der Waals surface area contributed by atoms with Crippen molar-refractivity contribution in [3.8, 4) is 0 Å². The van der Waals surface area contributed by atoms with Gasteiger partial charge in [-0.3, -0.25) is 0 Å². The number of nitrogens with zero attached hydrogens (tertiary/aromatic N) is 1. The summed E-state index contributed by atoms with van der Waals surface area (Å²) in [7, 11) is 0. The highest BCUT2D eigenvalue weighted by atomic mass is 16.5. The Morgan fingerprint density at radius 1 is 1.11 bits per heavy atom. The van der Waals surface area contributed by atoms with Crippen molar-refractivity contribution in [2.45, 2.75) is 6.42 Å². The normalized spacial score (nSPS) is 19.3. The molecule has 0 radical (unpaired) electrons. The van der Waals surface area contributed by atoms with Crippen LogP contribution >= 0.6 is 0 Å². The molecule has 0 amide bonds. The highest BCUT2D eigenvalue weighted by Crippen LogP contribution is 2.31. The summed E-state index contributed by atoms with van der Waals surface area (Å²) in [6.07, 6.45) is 11.0. The molecular formula is C16H11NO. The zero-order valence-electron chi connectivity index (χ0n) is 9.76. The highest BCUT2D eigenvalue weighted by molar-refractivity contribution is 6.09. The van der Waals surface area contributed by atoms with Crippen molar-refractivity contribution in [3.05, 3.63) is 70.0 Å². The van der Waals surface area contributed by atoms with Gasteiger partial charge in [0.05, 0.1) is 12.0 Å². The smallest absolute Gasteiger partial charge is 0.161 e. The Balaban J connectivity index is 1.96. The van der Waals surface area contributed by atoms with Crippen LogP contribution in [-0.4, -0.2) is 5.71 Å². The van der Waals surface area contributed by atoms with Gasteiger partial charge in [0, 0.05) is 17.2 Å². The van der Waals surface area contributed by atoms with Crippen molar-refractivity contribution in [2.24, 2.45) is 4.99 Å². The summed E-state index contributed by atoms with van der Waals surface area (Å²) >= 11 is 0. The molecule has 86 valence electrons. The molecule has 0 N–H and O–H groups in total. The fraction of sp³-hybridized carbons (Fsp3) is 0.0625. The van der Waals surface area contributed by atoms with Crippen molar-refractivity contribution in [1.82, 2.24) is 0 Å². The molecule has 0 atom stereocenters. The summed E-state index contributed by atoms with van der Waals surface area (Å²) < 4.78 is 5.83. The first-order chi connectivity index (χ1) is 8.92. The maximum absolute atomic E-state index is 5.83. The molecule has 0 unspecified atom stereocenters. The highest BCUT2D eigenvalue weighted by Gasteiger charge is 2.24. The van der Waals surface area contributed by atoms with Gasteiger partial charge in [0.1, 0.15) is 5.70 Å². The number of aliphatic imine (C=N–C) groups is 1. The summed E-state index contributed by atoms with van der Waals surface area (Å²) in [5.41, 5.74) is 3.15. The van der Waals surface area contributed by atoms with Crippen LogP contribution in [0.3, 0.4) is 0 Å². The van der Waals surface area contributed by atoms with Crippen LogP contribution < -0.4 is 10.4 Å². The fourth-order valence-electron chi connectivity index (χ4n) is 2.44. The summed E-state index contributed by atoms with van der Waals surface area (Å²) in [5.74, 6) is 0.880. The molecule has 3 aliphatic rings. The number of hydrogen-bond acceptors (Lipinski definition) is 2. The van der Waals surface area contributed by atoms with Crippen molar-refractivity contribution in [1.29, 1.82) is 0 Å². The summed E-state index contributed by atoms with van der Waals surface area (Å²) in [6.45, 7) is 0. The van der Waals surface area contributed by atoms with Gasteiger partial charge < -0.3 is 4.74 Å². The first-order valence-corrected chi connectivity index (χ1v) is 6.05. The number of rotatable bonds is 0. The van der Waals surface area contributed by atoms with Crippen molar-refractivity contribution in [3.63, 3.8) is 0 Å². The minimum atomic E-state index is 0.880. The predicted octanol–water partition coefficient (Wildman–Crippen LogP) is 1.79. The van der Waals surface area contributed by atoms with Gasteiger partial charge >= 0.3 is 0 Å². The standard InChI is InChI=1S/C16H11NO/c1-2-6-12-10-18-16-13-7-3-4-8-14(13)17-15(16)9-11(12)5-1/h1-7,9-10H,8H2. The summed E-state index contributed by atoms with van der Waals surface area (Å²) in [5, 5.41) is 2.25. The van der Waals surface area contributed by atoms with Crippen LogP contribution in [0.25, 0.3) is 12.3 Å². The minimum absolute atomic E-state index is 0.880. The Hall–Kier alpha value is -2.35. The summed E-state index contributed by atoms with van der Waals surface area (Å²) in [6, 6.07) is 8.18. The van der Waals surface area contributed by atoms with Gasteiger partial charge in [-0.1, -0.05) is 36.4 Å². The Morgan fingerprint density at radius 3 is 2.94 bits per heavy atom. The van der Waals surface area contributed by atoms with E-state index in [2.05, 4.69) is 35.4 Å². The van der Waals surface area contributed by atoms with Crippen molar-refractivity contribution >= 4 is 18.0 Å². The molecular weight excluding hydrogens is 222 g/mol. The summed E-state index contributed by atoms with van der Waals surface area (Å²) in [4.78, 5) is 4.67. The van der Waals surface area contributed by atoms with Gasteiger partial charge in [0.25, 0.3) is 0 Å². The number of benzene rings is 1. The largest absolute Gasteiger partial charge is 0.461 e. The van der Waals surface area contributed by atoms with Crippen LogP contribution in [-0.2, 0) is 4.74 Å². The van der Waals surface area contributed by atoms with E-state index in [4.69, 9.17) is 4.74 Å². The molecule has 2 nitrogen and oxygen atoms in total. The molecule has 0 bridgehead atoms. The SMILES string of the molecule is C1=CCC2=NC3=C(OC=c4ccccc4=C3)C2=C1. The molecule has 0 saturated heterocycles. The van der Waals surface area contributed by atoms with Crippen LogP contribution in [0.1, 0.15) is 6.42 Å². The van der Waals surface area contributed by atoms with E-state index in [1.165, 1.54) is 0 Å². The van der Waals surface area contributed by atoms with Gasteiger partial charge in [-0.25, -0.2) is 4.99 Å². The molecule has 2 heterocycles. The zero-order chi connectivity index (χ0) is 11.9. The van der Waals surface area contributed by atoms with E-state index in [1.54, 1.807) is 0 Å². The van der Waals surface area contributed by atoms with E-state index < -0.39 is 0 Å². The lowest BCUT2D eigenvalue weighted by Gasteiger charge is -2.08. The van der Waals surface area contributed by atoms with Crippen LogP contribution in [0.5, 0.6) is 0 Å². The van der Waals surface area contributed by atoms with E-state index >= 15 is 0 Å². The predicted molar refractivity (Wildman–Crippen MR) is 72.0 cm³/mol. The minimum Gasteiger partial charge on any atom is -0.461 e. The third-order valence-electron chi connectivity index (χ3n) is 3.35. The molecule has 2 heteroatoms. The lowest BCUT2D eigenvalue weighted by molar-refractivity contribution is 0.417. The first kappa shape index (κ1) is 9.66. The van der Waals surface area contributed by atoms with Gasteiger partial charge in [-0.05, 0) is 17.4 Å². The monoisotopic (exact) mass is 233 g/mol. The number of ether oxygens (including phenoxy) is 1. The van der Waals surface area contributed by atoms with Crippen LogP contribution in [0.15, 0.2) is 64.5 Å². The van der Waals surface area contributed by atoms with Crippen LogP contribution in [0, 0.1) is 0 Å². The van der Waals surface area contributed by atoms with Crippen molar-refractivity contribution in [2.75, 3.05) is 0 Å². The number of allylic oxidation sites excluding steroid dienone is 5. The lowest BCUT2D eigenvalue weighted by atomic mass is 10.0. The Kier molecular flexibility index (Phi) is 1.92. The fourth-order valence-corrected chi connectivity index (χ4v) is 2.44. The maximum atomic E-state index is 5.83. The average molecular weight is 233 g/mol. The molecule has 0 spiro atoms. The third kappa shape index (κ3) is 1.32. The second-order valence-electron chi connectivity index (χ2n) is 4.49. The number of fused-ring (bicyclic) bond motifs is 3. The topological polar surface area (TPSA) is 21.6 Å². The lowest BCUT2D eigenvalue weighted by Crippen LogP contribution is -2.23. The Bertz CT molecular complexity index is 776. The zero-order valence-corrected chi connectivity index (χ0v) is 9.76. The van der Waals surface area contributed by atoms with Crippen LogP contribution in [0.4, 0.5) is 0 Å². The first-order valence-electron chi connectivity index (χ1n) is 6.05. The van der Waals surface area contributed by atoms with E-state index in [1.807, 2.05) is 24.5 Å². The van der Waals surface area contributed by atoms with Crippen LogP contribution in [0.2, 0.25) is 0 Å². The third-order valence-corrected chi connectivity index (χ3v) is 3.35. The second kappa shape index (κ2) is 3.57. The van der Waals surface area contributed by atoms with E-state index in [0.29, 0.717) is 0 Å². The molecule has 2 aliphatic heterocycles. The van der Waals surface area contributed by atoms with Gasteiger partial charge in [0.15, 0.2) is 5.76 Å². The average Bonchev–Trinajstić information content (AvgIpc) is 2.65. The quantitative estimate of drug-likeness (QED) is 0.669. The van der Waals surface area contributed by atoms with Gasteiger partial charge in [-0.15, -0.1) is 0 Å². The molecule has 1 aromatic rings. The van der Waals surface area contributed by atoms with Gasteiger partial charge in [0.2, 0.25) is 0 Å². The molecule has 18 heavy (non-hydrogen) atoms. The van der Waals surface area contributed by atoms with Crippen molar-refractivity contribution < 1.29 is 4.74 Å². The molecule has 0 aromatic heterocycles. The molecule has 1 aliphatic carbocycles. The van der Waals surface area contributed by atoms with Gasteiger partial charge in [-0.2, -0.15) is 0 Å². The van der Waals surface area contributed by atoms with E-state index in [-0.39, 0.29) is 0 Å². The molecule has 0 fully saturated rings. The molecule has 4 rings (SSSR count). The molecule has 0 saturated carbocycles. The Morgan fingerprint density at radius 2 is 2.00 bits per heavy atom. The van der Waals surface area contributed by atoms with E-state index in [9.17, 15) is 0 Å². The van der Waals surface area contributed by atoms with E-state index in [0.717, 1.165) is 39.6 Å².